The average molecular weight is 296 g/mol. The zero-order valence-electron chi connectivity index (χ0n) is 11.5. The molecule has 1 N–H and O–H groups in total. The Morgan fingerprint density at radius 1 is 1.25 bits per heavy atom. The van der Waals surface area contributed by atoms with Gasteiger partial charge < -0.3 is 0 Å². The number of nitrogens with one attached hydrogen (secondary N) is 1. The summed E-state index contributed by atoms with van der Waals surface area (Å²) in [5.74, 6) is -0.463. The molecule has 4 nitrogen and oxygen atoms in total. The van der Waals surface area contributed by atoms with Crippen LogP contribution in [0.2, 0.25) is 0 Å². The molecule has 0 saturated heterocycles. The first-order chi connectivity index (χ1) is 9.30. The second-order valence-corrected chi connectivity index (χ2v) is 6.99. The summed E-state index contributed by atoms with van der Waals surface area (Å²) in [5, 5.41) is 9.27. The van der Waals surface area contributed by atoms with Gasteiger partial charge in [0.2, 0.25) is 10.0 Å². The van der Waals surface area contributed by atoms with Gasteiger partial charge in [-0.1, -0.05) is 12.8 Å². The van der Waals surface area contributed by atoms with E-state index < -0.39 is 21.4 Å². The molecule has 20 heavy (non-hydrogen) atoms. The predicted octanol–water partition coefficient (Wildman–Crippen LogP) is 2.56. The normalized spacial score (nSPS) is 17.9. The zero-order valence-corrected chi connectivity index (χ0v) is 12.3. The molecule has 6 heteroatoms. The molecule has 0 spiro atoms. The lowest BCUT2D eigenvalue weighted by molar-refractivity contribution is 0.484. The van der Waals surface area contributed by atoms with E-state index in [0.717, 1.165) is 12.8 Å². The van der Waals surface area contributed by atoms with Crippen molar-refractivity contribution in [1.82, 2.24) is 4.72 Å². The van der Waals surface area contributed by atoms with E-state index in [-0.39, 0.29) is 4.90 Å². The number of aryl methyl sites for hydroxylation is 2. The van der Waals surface area contributed by atoms with E-state index in [1.807, 2.05) is 0 Å². The van der Waals surface area contributed by atoms with Crippen LogP contribution in [-0.2, 0) is 10.0 Å². The van der Waals surface area contributed by atoms with Crippen LogP contribution < -0.4 is 4.72 Å². The molecule has 1 aromatic carbocycles. The summed E-state index contributed by atoms with van der Waals surface area (Å²) in [6, 6.07) is 4.47. The molecular weight excluding hydrogens is 279 g/mol. The van der Waals surface area contributed by atoms with Gasteiger partial charge in [-0.15, -0.1) is 0 Å². The molecule has 0 unspecified atom stereocenters. The molecule has 0 aromatic heterocycles. The molecule has 0 bridgehead atoms. The summed E-state index contributed by atoms with van der Waals surface area (Å²) in [6.07, 6.45) is 2.69. The van der Waals surface area contributed by atoms with Gasteiger partial charge in [-0.05, 0) is 49.9 Å². The van der Waals surface area contributed by atoms with Crippen LogP contribution in [0, 0.1) is 31.0 Å². The number of halogens is 1. The molecule has 1 aliphatic carbocycles. The Morgan fingerprint density at radius 3 is 2.20 bits per heavy atom. The molecule has 1 saturated carbocycles. The minimum Gasteiger partial charge on any atom is -0.207 e. The van der Waals surface area contributed by atoms with Crippen molar-refractivity contribution >= 4 is 10.0 Å². The van der Waals surface area contributed by atoms with E-state index >= 15 is 0 Å². The summed E-state index contributed by atoms with van der Waals surface area (Å²) in [5.41, 5.74) is -0.325. The van der Waals surface area contributed by atoms with Crippen LogP contribution in [0.3, 0.4) is 0 Å². The number of benzene rings is 1. The fraction of sp³-hybridized carbons (Fsp3) is 0.500. The molecule has 2 rings (SSSR count). The third-order valence-corrected chi connectivity index (χ3v) is 5.54. The number of hydrogen-bond acceptors (Lipinski definition) is 3. The molecule has 0 radical (unpaired) electrons. The Hall–Kier alpha value is -1.45. The number of nitriles is 1. The second kappa shape index (κ2) is 5.15. The maximum absolute atomic E-state index is 13.3. The molecular formula is C14H17FN2O2S. The Bertz CT molecular complexity index is 648. The van der Waals surface area contributed by atoms with Crippen LogP contribution >= 0.6 is 0 Å². The molecule has 1 aromatic rings. The van der Waals surface area contributed by atoms with E-state index in [2.05, 4.69) is 10.8 Å². The highest BCUT2D eigenvalue weighted by atomic mass is 32.2. The van der Waals surface area contributed by atoms with Crippen LogP contribution in [0.15, 0.2) is 17.0 Å². The standard InChI is InChI=1S/C14H17FN2O2S/c1-10-7-12(15)8-11(2)13(10)20(18,19)17-14(9-16)5-3-4-6-14/h7-8,17H,3-6H2,1-2H3. The minimum atomic E-state index is -3.83. The molecule has 1 aliphatic rings. The lowest BCUT2D eigenvalue weighted by Gasteiger charge is -2.23. The van der Waals surface area contributed by atoms with Crippen molar-refractivity contribution in [2.24, 2.45) is 0 Å². The van der Waals surface area contributed by atoms with E-state index in [9.17, 15) is 18.1 Å². The van der Waals surface area contributed by atoms with Crippen molar-refractivity contribution in [1.29, 1.82) is 5.26 Å². The van der Waals surface area contributed by atoms with Gasteiger partial charge in [0.05, 0.1) is 11.0 Å². The third kappa shape index (κ3) is 2.69. The first-order valence-electron chi connectivity index (χ1n) is 6.52. The SMILES string of the molecule is Cc1cc(F)cc(C)c1S(=O)(=O)NC1(C#N)CCCC1. The molecule has 0 heterocycles. The van der Waals surface area contributed by atoms with Crippen LogP contribution in [0.5, 0.6) is 0 Å². The smallest absolute Gasteiger partial charge is 0.207 e. The highest BCUT2D eigenvalue weighted by Crippen LogP contribution is 2.32. The fourth-order valence-corrected chi connectivity index (χ4v) is 4.68. The fourth-order valence-electron chi connectivity index (χ4n) is 2.84. The van der Waals surface area contributed by atoms with E-state index in [4.69, 9.17) is 0 Å². The van der Waals surface area contributed by atoms with E-state index in [1.54, 1.807) is 13.8 Å². The number of rotatable bonds is 3. The van der Waals surface area contributed by atoms with Gasteiger partial charge in [-0.25, -0.2) is 12.8 Å². The van der Waals surface area contributed by atoms with Crippen molar-refractivity contribution in [2.75, 3.05) is 0 Å². The van der Waals surface area contributed by atoms with Crippen molar-refractivity contribution in [3.63, 3.8) is 0 Å². The molecule has 0 atom stereocenters. The molecule has 1 fully saturated rings. The van der Waals surface area contributed by atoms with Crippen molar-refractivity contribution in [2.45, 2.75) is 50.0 Å². The average Bonchev–Trinajstić information content (AvgIpc) is 2.75. The van der Waals surface area contributed by atoms with Crippen molar-refractivity contribution < 1.29 is 12.8 Å². The summed E-state index contributed by atoms with van der Waals surface area (Å²) < 4.78 is 40.8. The lowest BCUT2D eigenvalue weighted by atomic mass is 10.0. The van der Waals surface area contributed by atoms with Gasteiger partial charge in [-0.3, -0.25) is 0 Å². The highest BCUT2D eigenvalue weighted by Gasteiger charge is 2.39. The minimum absolute atomic E-state index is 0.0698. The number of nitrogens with zero attached hydrogens (tertiary/aromatic N) is 1. The second-order valence-electron chi connectivity index (χ2n) is 5.38. The maximum Gasteiger partial charge on any atom is 0.242 e. The van der Waals surface area contributed by atoms with Crippen molar-refractivity contribution in [3.8, 4) is 6.07 Å². The van der Waals surface area contributed by atoms with Gasteiger partial charge in [0.15, 0.2) is 0 Å². The monoisotopic (exact) mass is 296 g/mol. The van der Waals surface area contributed by atoms with Gasteiger partial charge in [-0.2, -0.15) is 9.98 Å². The summed E-state index contributed by atoms with van der Waals surface area (Å²) in [4.78, 5) is 0.0698. The van der Waals surface area contributed by atoms with Crippen LogP contribution in [0.4, 0.5) is 4.39 Å². The topological polar surface area (TPSA) is 70.0 Å². The highest BCUT2D eigenvalue weighted by molar-refractivity contribution is 7.89. The van der Waals surface area contributed by atoms with Crippen molar-refractivity contribution in [3.05, 3.63) is 29.1 Å². The van der Waals surface area contributed by atoms with Crippen LogP contribution in [0.25, 0.3) is 0 Å². The summed E-state index contributed by atoms with van der Waals surface area (Å²) in [6.45, 7) is 3.11. The number of hydrogen-bond donors (Lipinski definition) is 1. The summed E-state index contributed by atoms with van der Waals surface area (Å²) in [7, 11) is -3.83. The van der Waals surface area contributed by atoms with E-state index in [1.165, 1.54) is 12.1 Å². The quantitative estimate of drug-likeness (QED) is 0.932. The van der Waals surface area contributed by atoms with Gasteiger partial charge in [0, 0.05) is 0 Å². The Morgan fingerprint density at radius 2 is 1.75 bits per heavy atom. The largest absolute Gasteiger partial charge is 0.242 e. The van der Waals surface area contributed by atoms with Crippen LogP contribution in [0.1, 0.15) is 36.8 Å². The Kier molecular flexibility index (Phi) is 3.85. The van der Waals surface area contributed by atoms with Gasteiger partial charge in [0.1, 0.15) is 11.4 Å². The first-order valence-corrected chi connectivity index (χ1v) is 8.00. The Labute approximate surface area is 118 Å². The third-order valence-electron chi connectivity index (χ3n) is 3.69. The molecule has 0 aliphatic heterocycles. The Balaban J connectivity index is 2.44. The first kappa shape index (κ1) is 14.9. The van der Waals surface area contributed by atoms with Gasteiger partial charge >= 0.3 is 0 Å². The maximum atomic E-state index is 13.3. The molecule has 108 valence electrons. The lowest BCUT2D eigenvalue weighted by Crippen LogP contribution is -2.45. The van der Waals surface area contributed by atoms with Gasteiger partial charge in [0.25, 0.3) is 0 Å². The van der Waals surface area contributed by atoms with Crippen LogP contribution in [-0.4, -0.2) is 14.0 Å². The molecule has 0 amide bonds. The van der Waals surface area contributed by atoms with E-state index in [0.29, 0.717) is 24.0 Å². The predicted molar refractivity (Wildman–Crippen MR) is 73.0 cm³/mol. The zero-order chi connectivity index (χ0) is 15.0. The number of sulfonamides is 1. The summed E-state index contributed by atoms with van der Waals surface area (Å²) >= 11 is 0.